The SMILES string of the molecule is COc1ccc(S(=O)(=O)NCCNC(=O)c2cnc3cc(C)nn3c2C)cc1. The van der Waals surface area contributed by atoms with Crippen LogP contribution in [0.25, 0.3) is 5.65 Å². The maximum absolute atomic E-state index is 12.4. The molecule has 9 nitrogen and oxygen atoms in total. The van der Waals surface area contributed by atoms with E-state index in [4.69, 9.17) is 4.74 Å². The number of benzene rings is 1. The van der Waals surface area contributed by atoms with Crippen molar-refractivity contribution in [1.29, 1.82) is 0 Å². The van der Waals surface area contributed by atoms with Gasteiger partial charge in [0.05, 0.1) is 29.0 Å². The van der Waals surface area contributed by atoms with Crippen LogP contribution in [0.4, 0.5) is 0 Å². The molecule has 0 aliphatic heterocycles. The topological polar surface area (TPSA) is 115 Å². The Morgan fingerprint density at radius 3 is 2.57 bits per heavy atom. The van der Waals surface area contributed by atoms with Crippen LogP contribution in [-0.2, 0) is 10.0 Å². The Hall–Kier alpha value is -2.98. The molecule has 28 heavy (non-hydrogen) atoms. The number of ether oxygens (including phenoxy) is 1. The molecule has 2 N–H and O–H groups in total. The van der Waals surface area contributed by atoms with Gasteiger partial charge in [-0.25, -0.2) is 22.6 Å². The second-order valence-corrected chi connectivity index (χ2v) is 7.91. The first kappa shape index (κ1) is 19.8. The summed E-state index contributed by atoms with van der Waals surface area (Å²) in [6.45, 7) is 3.81. The van der Waals surface area contributed by atoms with Crippen molar-refractivity contribution in [3.05, 3.63) is 53.5 Å². The molecule has 0 unspecified atom stereocenters. The Balaban J connectivity index is 1.58. The highest BCUT2D eigenvalue weighted by Crippen LogP contribution is 2.15. The Bertz CT molecular complexity index is 1110. The van der Waals surface area contributed by atoms with Crippen molar-refractivity contribution in [3.63, 3.8) is 0 Å². The summed E-state index contributed by atoms with van der Waals surface area (Å²) in [4.78, 5) is 16.7. The molecule has 0 aliphatic carbocycles. The summed E-state index contributed by atoms with van der Waals surface area (Å²) in [6, 6.07) is 7.87. The standard InChI is InChI=1S/C18H21N5O4S/c1-12-10-17-20-11-16(13(2)23(17)22-12)18(24)19-8-9-21-28(25,26)15-6-4-14(27-3)5-7-15/h4-7,10-11,21H,8-9H2,1-3H3,(H,19,24). The third-order valence-electron chi connectivity index (χ3n) is 4.16. The second kappa shape index (κ2) is 7.95. The molecule has 0 saturated carbocycles. The lowest BCUT2D eigenvalue weighted by Gasteiger charge is -2.10. The van der Waals surface area contributed by atoms with Crippen LogP contribution in [0.5, 0.6) is 5.75 Å². The predicted molar refractivity (Wildman–Crippen MR) is 103 cm³/mol. The molecular weight excluding hydrogens is 382 g/mol. The first-order valence-electron chi connectivity index (χ1n) is 8.56. The minimum Gasteiger partial charge on any atom is -0.497 e. The van der Waals surface area contributed by atoms with Gasteiger partial charge in [-0.15, -0.1) is 0 Å². The van der Waals surface area contributed by atoms with E-state index in [2.05, 4.69) is 20.1 Å². The number of rotatable bonds is 7. The summed E-state index contributed by atoms with van der Waals surface area (Å²) < 4.78 is 33.6. The Labute approximate surface area is 162 Å². The van der Waals surface area contributed by atoms with Crippen molar-refractivity contribution in [2.75, 3.05) is 20.2 Å². The van der Waals surface area contributed by atoms with E-state index < -0.39 is 10.0 Å². The molecule has 0 spiro atoms. The highest BCUT2D eigenvalue weighted by atomic mass is 32.2. The molecule has 0 atom stereocenters. The third-order valence-corrected chi connectivity index (χ3v) is 5.64. The zero-order valence-corrected chi connectivity index (χ0v) is 16.6. The number of carbonyl (C=O) groups excluding carboxylic acids is 1. The van der Waals surface area contributed by atoms with Crippen LogP contribution in [0.15, 0.2) is 41.4 Å². The van der Waals surface area contributed by atoms with E-state index in [0.717, 1.165) is 5.69 Å². The van der Waals surface area contributed by atoms with Gasteiger partial charge < -0.3 is 10.1 Å². The maximum atomic E-state index is 12.4. The summed E-state index contributed by atoms with van der Waals surface area (Å²) in [5.41, 5.74) is 2.52. The number of nitrogens with one attached hydrogen (secondary N) is 2. The largest absolute Gasteiger partial charge is 0.497 e. The molecule has 0 bridgehead atoms. The van der Waals surface area contributed by atoms with Gasteiger partial charge in [0.1, 0.15) is 5.75 Å². The monoisotopic (exact) mass is 403 g/mol. The first-order valence-corrected chi connectivity index (χ1v) is 10.0. The van der Waals surface area contributed by atoms with Gasteiger partial charge in [0.25, 0.3) is 5.91 Å². The first-order chi connectivity index (χ1) is 13.3. The van der Waals surface area contributed by atoms with Crippen LogP contribution in [0.2, 0.25) is 0 Å². The molecule has 0 saturated heterocycles. The third kappa shape index (κ3) is 4.12. The average Bonchev–Trinajstić information content (AvgIpc) is 3.07. The van der Waals surface area contributed by atoms with Crippen molar-refractivity contribution in [2.45, 2.75) is 18.7 Å². The number of carbonyl (C=O) groups is 1. The second-order valence-electron chi connectivity index (χ2n) is 6.14. The van der Waals surface area contributed by atoms with Crippen molar-refractivity contribution < 1.29 is 17.9 Å². The van der Waals surface area contributed by atoms with Crippen LogP contribution >= 0.6 is 0 Å². The number of aryl methyl sites for hydroxylation is 2. The lowest BCUT2D eigenvalue weighted by Crippen LogP contribution is -2.35. The summed E-state index contributed by atoms with van der Waals surface area (Å²) in [7, 11) is -2.16. The summed E-state index contributed by atoms with van der Waals surface area (Å²) in [5.74, 6) is 0.225. The molecule has 3 rings (SSSR count). The summed E-state index contributed by atoms with van der Waals surface area (Å²) in [6.07, 6.45) is 1.49. The molecule has 0 radical (unpaired) electrons. The zero-order valence-electron chi connectivity index (χ0n) is 15.8. The van der Waals surface area contributed by atoms with Gasteiger partial charge in [0.2, 0.25) is 10.0 Å². The Morgan fingerprint density at radius 1 is 1.18 bits per heavy atom. The lowest BCUT2D eigenvalue weighted by molar-refractivity contribution is 0.0952. The minimum absolute atomic E-state index is 0.0513. The molecule has 2 heterocycles. The molecular formula is C18H21N5O4S. The van der Waals surface area contributed by atoms with E-state index >= 15 is 0 Å². The Morgan fingerprint density at radius 2 is 1.89 bits per heavy atom. The number of aromatic nitrogens is 3. The zero-order chi connectivity index (χ0) is 20.3. The van der Waals surface area contributed by atoms with E-state index in [1.165, 1.54) is 25.4 Å². The van der Waals surface area contributed by atoms with Gasteiger partial charge in [-0.05, 0) is 38.1 Å². The summed E-state index contributed by atoms with van der Waals surface area (Å²) >= 11 is 0. The van der Waals surface area contributed by atoms with Crippen molar-refractivity contribution >= 4 is 21.6 Å². The quantitative estimate of drug-likeness (QED) is 0.570. The summed E-state index contributed by atoms with van der Waals surface area (Å²) in [5, 5.41) is 6.99. The van der Waals surface area contributed by atoms with E-state index in [0.29, 0.717) is 22.7 Å². The number of hydrogen-bond donors (Lipinski definition) is 2. The smallest absolute Gasteiger partial charge is 0.254 e. The van der Waals surface area contributed by atoms with Gasteiger partial charge in [0, 0.05) is 25.4 Å². The van der Waals surface area contributed by atoms with E-state index in [9.17, 15) is 13.2 Å². The van der Waals surface area contributed by atoms with Gasteiger partial charge in [-0.2, -0.15) is 5.10 Å². The van der Waals surface area contributed by atoms with Crippen molar-refractivity contribution in [2.24, 2.45) is 0 Å². The molecule has 2 aromatic heterocycles. The van der Waals surface area contributed by atoms with Crippen molar-refractivity contribution in [3.8, 4) is 5.75 Å². The molecule has 10 heteroatoms. The fraction of sp³-hybridized carbons (Fsp3) is 0.278. The van der Waals surface area contributed by atoms with Crippen molar-refractivity contribution in [1.82, 2.24) is 24.6 Å². The van der Waals surface area contributed by atoms with E-state index in [-0.39, 0.29) is 23.9 Å². The van der Waals surface area contributed by atoms with Gasteiger partial charge in [0.15, 0.2) is 5.65 Å². The fourth-order valence-corrected chi connectivity index (χ4v) is 3.71. The van der Waals surface area contributed by atoms with Gasteiger partial charge >= 0.3 is 0 Å². The van der Waals surface area contributed by atoms with E-state index in [1.807, 2.05) is 13.0 Å². The lowest BCUT2D eigenvalue weighted by atomic mass is 10.2. The highest BCUT2D eigenvalue weighted by Gasteiger charge is 2.15. The Kier molecular flexibility index (Phi) is 5.61. The molecule has 0 fully saturated rings. The van der Waals surface area contributed by atoms with Gasteiger partial charge in [-0.1, -0.05) is 0 Å². The molecule has 1 aromatic carbocycles. The molecule has 3 aromatic rings. The molecule has 0 aliphatic rings. The number of sulfonamides is 1. The normalized spacial score (nSPS) is 11.5. The van der Waals surface area contributed by atoms with E-state index in [1.54, 1.807) is 23.6 Å². The maximum Gasteiger partial charge on any atom is 0.254 e. The number of fused-ring (bicyclic) bond motifs is 1. The van der Waals surface area contributed by atoms with Crippen LogP contribution in [0.3, 0.4) is 0 Å². The number of amides is 1. The fourth-order valence-electron chi connectivity index (χ4n) is 2.68. The minimum atomic E-state index is -3.67. The number of nitrogens with zero attached hydrogens (tertiary/aromatic N) is 3. The number of methoxy groups -OCH3 is 1. The molecule has 1 amide bonds. The molecule has 148 valence electrons. The predicted octanol–water partition coefficient (Wildman–Crippen LogP) is 1.06. The highest BCUT2D eigenvalue weighted by molar-refractivity contribution is 7.89. The average molecular weight is 403 g/mol. The number of hydrogen-bond acceptors (Lipinski definition) is 6. The van der Waals surface area contributed by atoms with Crippen LogP contribution < -0.4 is 14.8 Å². The van der Waals surface area contributed by atoms with Crippen LogP contribution in [0.1, 0.15) is 21.7 Å². The van der Waals surface area contributed by atoms with Gasteiger partial charge in [-0.3, -0.25) is 4.79 Å². The van der Waals surface area contributed by atoms with Crippen LogP contribution in [0, 0.1) is 13.8 Å². The van der Waals surface area contributed by atoms with Crippen LogP contribution in [-0.4, -0.2) is 49.1 Å².